The van der Waals surface area contributed by atoms with Gasteiger partial charge < -0.3 is 10.2 Å². The van der Waals surface area contributed by atoms with Gasteiger partial charge in [0.1, 0.15) is 28.0 Å². The van der Waals surface area contributed by atoms with Crippen LogP contribution in [0.25, 0.3) is 0 Å². The average molecular weight is 446 g/mol. The van der Waals surface area contributed by atoms with E-state index in [1.54, 1.807) is 6.07 Å². The minimum absolute atomic E-state index is 0.0252. The number of halogens is 3. The normalized spacial score (nSPS) is 14.5. The molecule has 0 saturated carbocycles. The first-order valence-corrected chi connectivity index (χ1v) is 10.4. The minimum Gasteiger partial charge on any atom is -0.338 e. The Morgan fingerprint density at radius 1 is 1.00 bits per heavy atom. The van der Waals surface area contributed by atoms with Crippen molar-refractivity contribution >= 4 is 28.8 Å². The van der Waals surface area contributed by atoms with E-state index in [4.69, 9.17) is 0 Å². The zero-order valence-electron chi connectivity index (χ0n) is 16.1. The number of hydrogen-bond acceptors (Lipinski definition) is 5. The van der Waals surface area contributed by atoms with E-state index in [9.17, 15) is 22.8 Å². The topological polar surface area (TPSA) is 75.2 Å². The maximum atomic E-state index is 13.9. The van der Waals surface area contributed by atoms with Crippen molar-refractivity contribution in [3.05, 3.63) is 75.5 Å². The second kappa shape index (κ2) is 8.84. The van der Waals surface area contributed by atoms with E-state index in [1.165, 1.54) is 29.2 Å². The van der Waals surface area contributed by atoms with E-state index in [-0.39, 0.29) is 10.9 Å². The van der Waals surface area contributed by atoms with Crippen LogP contribution in [-0.2, 0) is 0 Å². The number of nitrogens with one attached hydrogen (secondary N) is 1. The molecular weight excluding hydrogens is 429 g/mol. The Morgan fingerprint density at radius 2 is 1.68 bits per heavy atom. The van der Waals surface area contributed by atoms with Crippen molar-refractivity contribution < 1.29 is 22.8 Å². The molecule has 1 aliphatic rings. The van der Waals surface area contributed by atoms with E-state index >= 15 is 0 Å². The highest BCUT2D eigenvalue weighted by Gasteiger charge is 2.30. The summed E-state index contributed by atoms with van der Waals surface area (Å²) in [5.41, 5.74) is -0.234. The van der Waals surface area contributed by atoms with Gasteiger partial charge in [0.25, 0.3) is 11.8 Å². The minimum atomic E-state index is -0.884. The van der Waals surface area contributed by atoms with E-state index in [0.29, 0.717) is 36.6 Å². The van der Waals surface area contributed by atoms with Crippen molar-refractivity contribution in [2.45, 2.75) is 18.8 Å². The van der Waals surface area contributed by atoms with Gasteiger partial charge in [0.15, 0.2) is 0 Å². The maximum absolute atomic E-state index is 13.9. The Hall–Kier alpha value is -3.27. The van der Waals surface area contributed by atoms with Crippen molar-refractivity contribution in [3.8, 4) is 0 Å². The number of nitrogens with zero attached hydrogens (tertiary/aromatic N) is 3. The molecular formula is C21H17F3N4O2S. The molecule has 1 aliphatic heterocycles. The molecule has 0 bridgehead atoms. The number of benzene rings is 2. The van der Waals surface area contributed by atoms with Crippen molar-refractivity contribution in [1.29, 1.82) is 0 Å². The summed E-state index contributed by atoms with van der Waals surface area (Å²) < 4.78 is 41.0. The first-order valence-electron chi connectivity index (χ1n) is 9.56. The van der Waals surface area contributed by atoms with Crippen LogP contribution >= 0.6 is 11.3 Å². The number of hydrogen-bond donors (Lipinski definition) is 1. The Balaban J connectivity index is 1.38. The maximum Gasteiger partial charge on any atom is 0.286 e. The van der Waals surface area contributed by atoms with Gasteiger partial charge in [-0.05, 0) is 43.2 Å². The lowest BCUT2D eigenvalue weighted by Crippen LogP contribution is -2.38. The number of carbonyl (C=O) groups is 2. The Bertz CT molecular complexity index is 1110. The van der Waals surface area contributed by atoms with E-state index in [1.807, 2.05) is 0 Å². The summed E-state index contributed by atoms with van der Waals surface area (Å²) in [4.78, 5) is 26.3. The van der Waals surface area contributed by atoms with Crippen molar-refractivity contribution in [3.63, 3.8) is 0 Å². The summed E-state index contributed by atoms with van der Waals surface area (Å²) in [6, 6.07) is 8.85. The Labute approximate surface area is 179 Å². The summed E-state index contributed by atoms with van der Waals surface area (Å²) in [5, 5.41) is 11.4. The smallest absolute Gasteiger partial charge is 0.286 e. The lowest BCUT2D eigenvalue weighted by atomic mass is 9.97. The standard InChI is InChI=1S/C21H17F3N4O2S/c22-13-3-1-4-14(11-13)25-18(29)20-27-26-19(31-20)12-7-9-28(10-8-12)21(30)17-15(23)5-2-6-16(17)24/h1-6,11-12H,7-10H2,(H,25,29). The summed E-state index contributed by atoms with van der Waals surface area (Å²) >= 11 is 1.13. The zero-order valence-corrected chi connectivity index (χ0v) is 17.0. The first kappa shape index (κ1) is 21.0. The predicted molar refractivity (Wildman–Crippen MR) is 108 cm³/mol. The lowest BCUT2D eigenvalue weighted by molar-refractivity contribution is 0.0702. The van der Waals surface area contributed by atoms with Crippen LogP contribution in [0.5, 0.6) is 0 Å². The van der Waals surface area contributed by atoms with Crippen LogP contribution in [0.3, 0.4) is 0 Å². The van der Waals surface area contributed by atoms with Crippen LogP contribution in [-0.4, -0.2) is 40.0 Å². The summed E-state index contributed by atoms with van der Waals surface area (Å²) in [6.07, 6.45) is 1.06. The van der Waals surface area contributed by atoms with Gasteiger partial charge in [-0.3, -0.25) is 9.59 Å². The van der Waals surface area contributed by atoms with Crippen LogP contribution < -0.4 is 5.32 Å². The third-order valence-corrected chi connectivity index (χ3v) is 6.11. The van der Waals surface area contributed by atoms with Crippen LogP contribution in [0.15, 0.2) is 42.5 Å². The second-order valence-electron chi connectivity index (χ2n) is 7.07. The van der Waals surface area contributed by atoms with Gasteiger partial charge in [-0.1, -0.05) is 23.5 Å². The molecule has 160 valence electrons. The third kappa shape index (κ3) is 4.58. The van der Waals surface area contributed by atoms with Crippen LogP contribution in [0.4, 0.5) is 18.9 Å². The largest absolute Gasteiger partial charge is 0.338 e. The van der Waals surface area contributed by atoms with E-state index in [0.717, 1.165) is 23.5 Å². The molecule has 31 heavy (non-hydrogen) atoms. The quantitative estimate of drug-likeness (QED) is 0.651. The molecule has 1 saturated heterocycles. The summed E-state index contributed by atoms with van der Waals surface area (Å²) in [5.74, 6) is -3.43. The number of aromatic nitrogens is 2. The van der Waals surface area contributed by atoms with Gasteiger partial charge in [0.2, 0.25) is 5.01 Å². The predicted octanol–water partition coefficient (Wildman–Crippen LogP) is 4.23. The fraction of sp³-hybridized carbons (Fsp3) is 0.238. The zero-order chi connectivity index (χ0) is 22.0. The highest BCUT2D eigenvalue weighted by Crippen LogP contribution is 2.31. The SMILES string of the molecule is O=C(Nc1cccc(F)c1)c1nnc(C2CCN(C(=O)c3c(F)cccc3F)CC2)s1. The van der Waals surface area contributed by atoms with Gasteiger partial charge in [-0.25, -0.2) is 13.2 Å². The Morgan fingerprint density at radius 3 is 2.35 bits per heavy atom. The number of carbonyl (C=O) groups excluding carboxylic acids is 2. The third-order valence-electron chi connectivity index (χ3n) is 5.03. The molecule has 3 aromatic rings. The number of rotatable bonds is 4. The summed E-state index contributed by atoms with van der Waals surface area (Å²) in [6.45, 7) is 0.614. The molecule has 2 heterocycles. The molecule has 2 amide bonds. The van der Waals surface area contributed by atoms with Crippen molar-refractivity contribution in [2.24, 2.45) is 0 Å². The monoisotopic (exact) mass is 446 g/mol. The Kier molecular flexibility index (Phi) is 5.99. The van der Waals surface area contributed by atoms with Crippen LogP contribution in [0.2, 0.25) is 0 Å². The molecule has 0 atom stereocenters. The van der Waals surface area contributed by atoms with E-state index < -0.39 is 34.8 Å². The van der Waals surface area contributed by atoms with Gasteiger partial charge >= 0.3 is 0 Å². The number of piperidine rings is 1. The molecule has 4 rings (SSSR count). The van der Waals surface area contributed by atoms with Gasteiger partial charge in [0.05, 0.1) is 0 Å². The molecule has 10 heteroatoms. The molecule has 2 aromatic carbocycles. The van der Waals surface area contributed by atoms with Crippen molar-refractivity contribution in [2.75, 3.05) is 18.4 Å². The molecule has 6 nitrogen and oxygen atoms in total. The van der Waals surface area contributed by atoms with E-state index in [2.05, 4.69) is 15.5 Å². The number of amides is 2. The molecule has 1 N–H and O–H groups in total. The van der Waals surface area contributed by atoms with Gasteiger partial charge in [-0.15, -0.1) is 10.2 Å². The molecule has 0 unspecified atom stereocenters. The van der Waals surface area contributed by atoms with Crippen LogP contribution in [0, 0.1) is 17.5 Å². The number of likely N-dealkylation sites (tertiary alicyclic amines) is 1. The molecule has 1 fully saturated rings. The van der Waals surface area contributed by atoms with Crippen molar-refractivity contribution in [1.82, 2.24) is 15.1 Å². The average Bonchev–Trinajstić information content (AvgIpc) is 3.24. The molecule has 0 aliphatic carbocycles. The summed E-state index contributed by atoms with van der Waals surface area (Å²) in [7, 11) is 0. The first-order chi connectivity index (χ1) is 14.9. The fourth-order valence-corrected chi connectivity index (χ4v) is 4.34. The van der Waals surface area contributed by atoms with Crippen LogP contribution in [0.1, 0.15) is 43.9 Å². The highest BCUT2D eigenvalue weighted by atomic mass is 32.1. The highest BCUT2D eigenvalue weighted by molar-refractivity contribution is 7.13. The molecule has 0 spiro atoms. The number of anilines is 1. The second-order valence-corrected chi connectivity index (χ2v) is 8.08. The molecule has 0 radical (unpaired) electrons. The van der Waals surface area contributed by atoms with Gasteiger partial charge in [0, 0.05) is 24.7 Å². The fourth-order valence-electron chi connectivity index (χ4n) is 3.43. The van der Waals surface area contributed by atoms with Gasteiger partial charge in [-0.2, -0.15) is 0 Å². The lowest BCUT2D eigenvalue weighted by Gasteiger charge is -2.31. The molecule has 1 aromatic heterocycles.